The normalized spacial score (nSPS) is 10.6. The summed E-state index contributed by atoms with van der Waals surface area (Å²) >= 11 is 0. The minimum atomic E-state index is -0.654. The smallest absolute Gasteiger partial charge is 0.338 e. The second-order valence-corrected chi connectivity index (χ2v) is 8.43. The van der Waals surface area contributed by atoms with Gasteiger partial charge in [0, 0.05) is 37.2 Å². The van der Waals surface area contributed by atoms with Gasteiger partial charge in [0.2, 0.25) is 0 Å². The highest BCUT2D eigenvalue weighted by atomic mass is 16.5. The zero-order valence-corrected chi connectivity index (χ0v) is 20.6. The molecule has 2 N–H and O–H groups in total. The van der Waals surface area contributed by atoms with Crippen LogP contribution in [0.2, 0.25) is 0 Å². The van der Waals surface area contributed by atoms with E-state index in [4.69, 9.17) is 9.47 Å². The first-order valence-electron chi connectivity index (χ1n) is 12.1. The van der Waals surface area contributed by atoms with E-state index in [2.05, 4.69) is 20.1 Å². The molecule has 35 heavy (non-hydrogen) atoms. The van der Waals surface area contributed by atoms with E-state index in [9.17, 15) is 19.8 Å². The number of hydrogen-bond acceptors (Lipinski definition) is 6. The number of aliphatic hydroxyl groups excluding tert-OH is 2. The van der Waals surface area contributed by atoms with Crippen molar-refractivity contribution in [3.63, 3.8) is 0 Å². The molecule has 0 aliphatic heterocycles. The Bertz CT molecular complexity index is 956. The lowest BCUT2D eigenvalue weighted by molar-refractivity contribution is -0.130. The van der Waals surface area contributed by atoms with Gasteiger partial charge < -0.3 is 19.7 Å². The number of ether oxygens (including phenoxy) is 2. The fourth-order valence-corrected chi connectivity index (χ4v) is 3.59. The van der Waals surface area contributed by atoms with Crippen LogP contribution in [0, 0.1) is 0 Å². The van der Waals surface area contributed by atoms with Crippen LogP contribution in [0.15, 0.2) is 66.8 Å². The number of carbonyl (C=O) groups excluding carboxylic acids is 2. The van der Waals surface area contributed by atoms with E-state index in [0.717, 1.165) is 37.7 Å². The summed E-state index contributed by atoms with van der Waals surface area (Å²) in [7, 11) is 0. The van der Waals surface area contributed by atoms with Gasteiger partial charge in [0.15, 0.2) is 0 Å². The maximum Gasteiger partial charge on any atom is 0.338 e. The highest BCUT2D eigenvalue weighted by molar-refractivity contribution is 5.93. The first-order chi connectivity index (χ1) is 16.9. The average molecular weight is 481 g/mol. The number of unbranched alkanes of at least 4 members (excludes halogenated alkanes) is 4. The van der Waals surface area contributed by atoms with Gasteiger partial charge in [0.05, 0.1) is 5.56 Å². The van der Waals surface area contributed by atoms with Crippen LogP contribution >= 0.6 is 0 Å². The summed E-state index contributed by atoms with van der Waals surface area (Å²) in [6.07, 6.45) is 6.41. The van der Waals surface area contributed by atoms with Crippen LogP contribution in [0.1, 0.15) is 57.4 Å². The van der Waals surface area contributed by atoms with Gasteiger partial charge in [0.1, 0.15) is 11.5 Å². The van der Waals surface area contributed by atoms with Gasteiger partial charge in [-0.25, -0.2) is 9.59 Å². The number of carbonyl (C=O) groups is 2. The molecule has 0 radical (unpaired) electrons. The van der Waals surface area contributed by atoms with Crippen molar-refractivity contribution < 1.29 is 29.3 Å². The Labute approximate surface area is 207 Å². The number of esters is 2. The Morgan fingerprint density at radius 2 is 1.31 bits per heavy atom. The molecule has 188 valence electrons. The van der Waals surface area contributed by atoms with Crippen LogP contribution in [0.3, 0.4) is 0 Å². The summed E-state index contributed by atoms with van der Waals surface area (Å²) in [5.74, 6) is -0.805. The molecule has 0 fully saturated rings. The number of rotatable bonds is 15. The van der Waals surface area contributed by atoms with Crippen molar-refractivity contribution in [3.05, 3.63) is 72.3 Å². The maximum atomic E-state index is 12.7. The van der Waals surface area contributed by atoms with Crippen molar-refractivity contribution in [3.8, 4) is 22.6 Å². The summed E-state index contributed by atoms with van der Waals surface area (Å²) < 4.78 is 11.5. The molecule has 2 aromatic carbocycles. The molecule has 0 unspecified atom stereocenters. The Hall–Kier alpha value is -3.22. The lowest BCUT2D eigenvalue weighted by atomic mass is 9.98. The summed E-state index contributed by atoms with van der Waals surface area (Å²) in [6.45, 7) is 9.14. The van der Waals surface area contributed by atoms with Gasteiger partial charge in [-0.3, -0.25) is 0 Å². The summed E-state index contributed by atoms with van der Waals surface area (Å²) in [4.78, 5) is 25.3. The zero-order valence-electron chi connectivity index (χ0n) is 20.6. The predicted molar refractivity (Wildman–Crippen MR) is 137 cm³/mol. The Balaban J connectivity index is 2.51. The van der Waals surface area contributed by atoms with Gasteiger partial charge in [0.25, 0.3) is 0 Å². The van der Waals surface area contributed by atoms with E-state index in [1.54, 1.807) is 12.1 Å². The fourth-order valence-electron chi connectivity index (χ4n) is 3.59. The van der Waals surface area contributed by atoms with E-state index in [-0.39, 0.29) is 48.7 Å². The van der Waals surface area contributed by atoms with E-state index < -0.39 is 11.9 Å². The van der Waals surface area contributed by atoms with E-state index in [1.807, 2.05) is 30.3 Å². The molecule has 0 atom stereocenters. The van der Waals surface area contributed by atoms with E-state index >= 15 is 0 Å². The molecule has 2 aromatic rings. The van der Waals surface area contributed by atoms with Crippen molar-refractivity contribution in [1.82, 2.24) is 0 Å². The number of aliphatic hydroxyl groups is 2. The summed E-state index contributed by atoms with van der Waals surface area (Å²) in [5.41, 5.74) is 2.31. The molecule has 0 bridgehead atoms. The second kappa shape index (κ2) is 14.9. The molecule has 0 saturated carbocycles. The van der Waals surface area contributed by atoms with Gasteiger partial charge in [-0.2, -0.15) is 0 Å². The summed E-state index contributed by atoms with van der Waals surface area (Å²) in [6, 6.07) is 12.8. The largest absolute Gasteiger partial charge is 0.422 e. The topological polar surface area (TPSA) is 93.1 Å². The number of hydrogen-bond donors (Lipinski definition) is 2. The fraction of sp³-hybridized carbons (Fsp3) is 0.379. The van der Waals surface area contributed by atoms with Crippen molar-refractivity contribution in [1.29, 1.82) is 0 Å². The van der Waals surface area contributed by atoms with Gasteiger partial charge >= 0.3 is 11.9 Å². The van der Waals surface area contributed by atoms with Crippen molar-refractivity contribution in [2.45, 2.75) is 58.3 Å². The first-order valence-corrected chi connectivity index (χ1v) is 12.1. The molecule has 0 heterocycles. The minimum Gasteiger partial charge on any atom is -0.422 e. The lowest BCUT2D eigenvalue weighted by Gasteiger charge is -2.18. The maximum absolute atomic E-state index is 12.7. The highest BCUT2D eigenvalue weighted by Crippen LogP contribution is 2.41. The number of aryl methyl sites for hydroxylation is 1. The molecule has 6 heteroatoms. The van der Waals surface area contributed by atoms with Crippen LogP contribution in [-0.2, 0) is 16.0 Å². The average Bonchev–Trinajstić information content (AvgIpc) is 2.84. The molecule has 0 aliphatic rings. The molecule has 0 saturated heterocycles. The third-order valence-electron chi connectivity index (χ3n) is 5.57. The SMILES string of the molecule is C=C(CCO)C(=O)Oc1cc(CCCCCCC)cc(OC(=O)C(=C)CCO)c1-c1ccccc1. The Morgan fingerprint density at radius 1 is 0.800 bits per heavy atom. The third kappa shape index (κ3) is 8.81. The van der Waals surface area contributed by atoms with E-state index in [1.165, 1.54) is 6.42 Å². The second-order valence-electron chi connectivity index (χ2n) is 8.43. The molecule has 0 aliphatic carbocycles. The molecular weight excluding hydrogens is 444 g/mol. The number of benzene rings is 2. The molecule has 0 amide bonds. The quantitative estimate of drug-likeness (QED) is 0.150. The van der Waals surface area contributed by atoms with Gasteiger partial charge in [-0.1, -0.05) is 76.1 Å². The van der Waals surface area contributed by atoms with Crippen LogP contribution in [-0.4, -0.2) is 35.4 Å². The third-order valence-corrected chi connectivity index (χ3v) is 5.57. The van der Waals surface area contributed by atoms with Crippen molar-refractivity contribution in [2.75, 3.05) is 13.2 Å². The molecule has 0 aromatic heterocycles. The Kier molecular flexibility index (Phi) is 11.9. The van der Waals surface area contributed by atoms with Crippen molar-refractivity contribution in [2.24, 2.45) is 0 Å². The van der Waals surface area contributed by atoms with Crippen LogP contribution in [0.25, 0.3) is 11.1 Å². The van der Waals surface area contributed by atoms with Gasteiger partial charge in [-0.05, 0) is 36.1 Å². The first kappa shape index (κ1) is 28.0. The van der Waals surface area contributed by atoms with Gasteiger partial charge in [-0.15, -0.1) is 0 Å². The molecular formula is C29H36O6. The van der Waals surface area contributed by atoms with Crippen LogP contribution < -0.4 is 9.47 Å². The van der Waals surface area contributed by atoms with Crippen LogP contribution in [0.4, 0.5) is 0 Å². The zero-order chi connectivity index (χ0) is 25.6. The molecule has 6 nitrogen and oxygen atoms in total. The van der Waals surface area contributed by atoms with Crippen molar-refractivity contribution >= 4 is 11.9 Å². The van der Waals surface area contributed by atoms with E-state index in [0.29, 0.717) is 11.1 Å². The van der Waals surface area contributed by atoms with Crippen LogP contribution in [0.5, 0.6) is 11.5 Å². The predicted octanol–water partition coefficient (Wildman–Crippen LogP) is 5.55. The minimum absolute atomic E-state index is 0.0967. The highest BCUT2D eigenvalue weighted by Gasteiger charge is 2.22. The standard InChI is InChI=1S/C29H36O6/c1-4-5-6-7-9-12-23-19-25(34-28(32)21(2)15-17-30)27(24-13-10-8-11-14-24)26(20-23)35-29(33)22(3)16-18-31/h8,10-11,13-14,19-20,30-31H,2-7,9,12,15-18H2,1H3. The molecule has 0 spiro atoms. The summed E-state index contributed by atoms with van der Waals surface area (Å²) in [5, 5.41) is 18.3. The lowest BCUT2D eigenvalue weighted by Crippen LogP contribution is -2.15. The Morgan fingerprint density at radius 3 is 1.80 bits per heavy atom. The monoisotopic (exact) mass is 480 g/mol. The molecule has 2 rings (SSSR count).